The van der Waals surface area contributed by atoms with Crippen molar-refractivity contribution in [3.8, 4) is 0 Å². The van der Waals surface area contributed by atoms with Crippen molar-refractivity contribution < 1.29 is 9.53 Å². The monoisotopic (exact) mass is 363 g/mol. The maximum Gasteiger partial charge on any atom is 0.228 e. The van der Waals surface area contributed by atoms with Crippen LogP contribution in [0.15, 0.2) is 54.7 Å². The van der Waals surface area contributed by atoms with Crippen molar-refractivity contribution in [3.05, 3.63) is 60.3 Å². The molecule has 1 aliphatic rings. The third-order valence-electron chi connectivity index (χ3n) is 5.13. The largest absolute Gasteiger partial charge is 0.377 e. The number of carbonyl (C=O) groups is 1. The smallest absolute Gasteiger partial charge is 0.228 e. The Morgan fingerprint density at radius 3 is 2.74 bits per heavy atom. The number of para-hydroxylation sites is 1. The van der Waals surface area contributed by atoms with Crippen LogP contribution in [0.4, 0.5) is 11.4 Å². The Kier molecular flexibility index (Phi) is 4.62. The van der Waals surface area contributed by atoms with Crippen molar-refractivity contribution in [2.45, 2.75) is 25.8 Å². The van der Waals surface area contributed by atoms with Gasteiger partial charge in [0.05, 0.1) is 25.2 Å². The number of carbonyl (C=O) groups excluding carboxylic acids is 1. The second kappa shape index (κ2) is 7.08. The Morgan fingerprint density at radius 2 is 1.96 bits per heavy atom. The van der Waals surface area contributed by atoms with E-state index < -0.39 is 0 Å². The molecule has 0 radical (unpaired) electrons. The minimum absolute atomic E-state index is 0.0146. The van der Waals surface area contributed by atoms with Crippen LogP contribution in [0.3, 0.4) is 0 Å². The molecule has 2 N–H and O–H groups in total. The van der Waals surface area contributed by atoms with Crippen LogP contribution in [0.1, 0.15) is 19.4 Å². The minimum Gasteiger partial charge on any atom is -0.377 e. The highest BCUT2D eigenvalue weighted by Crippen LogP contribution is 2.28. The van der Waals surface area contributed by atoms with Gasteiger partial charge in [-0.15, -0.1) is 0 Å². The van der Waals surface area contributed by atoms with Crippen molar-refractivity contribution in [1.82, 2.24) is 4.98 Å². The first-order chi connectivity index (χ1) is 13.0. The van der Waals surface area contributed by atoms with Crippen LogP contribution < -0.4 is 10.2 Å². The van der Waals surface area contributed by atoms with Crippen LogP contribution in [0.2, 0.25) is 0 Å². The molecule has 0 spiro atoms. The highest BCUT2D eigenvalue weighted by molar-refractivity contribution is 5.95. The van der Waals surface area contributed by atoms with Crippen LogP contribution in [-0.2, 0) is 16.0 Å². The third-order valence-corrected chi connectivity index (χ3v) is 5.13. The van der Waals surface area contributed by atoms with E-state index in [1.54, 1.807) is 0 Å². The van der Waals surface area contributed by atoms with E-state index in [0.29, 0.717) is 6.42 Å². The molecule has 1 saturated heterocycles. The molecular weight excluding hydrogens is 338 g/mol. The lowest BCUT2D eigenvalue weighted by Gasteiger charge is -2.43. The van der Waals surface area contributed by atoms with Gasteiger partial charge in [0.1, 0.15) is 0 Å². The van der Waals surface area contributed by atoms with Crippen molar-refractivity contribution in [2.24, 2.45) is 0 Å². The molecule has 0 saturated carbocycles. The van der Waals surface area contributed by atoms with E-state index in [4.69, 9.17) is 4.74 Å². The second-order valence-electron chi connectivity index (χ2n) is 7.65. The summed E-state index contributed by atoms with van der Waals surface area (Å²) >= 11 is 0. The number of benzene rings is 2. The van der Waals surface area contributed by atoms with Gasteiger partial charge in [-0.1, -0.05) is 18.2 Å². The SMILES string of the molecule is CC1(C)COCCN1c1ccc(NC(=O)Cc2c[nH]c3ccccc23)cc1. The lowest BCUT2D eigenvalue weighted by Crippen LogP contribution is -2.53. The molecule has 2 heterocycles. The molecule has 0 aliphatic carbocycles. The second-order valence-corrected chi connectivity index (χ2v) is 7.65. The van der Waals surface area contributed by atoms with Gasteiger partial charge < -0.3 is 19.9 Å². The summed E-state index contributed by atoms with van der Waals surface area (Å²) in [6.07, 6.45) is 2.26. The summed E-state index contributed by atoms with van der Waals surface area (Å²) in [6, 6.07) is 16.1. The molecule has 5 nitrogen and oxygen atoms in total. The lowest BCUT2D eigenvalue weighted by atomic mass is 10.0. The Hall–Kier alpha value is -2.79. The number of nitrogens with zero attached hydrogens (tertiary/aromatic N) is 1. The fraction of sp³-hybridized carbons (Fsp3) is 0.318. The zero-order valence-corrected chi connectivity index (χ0v) is 15.8. The third kappa shape index (κ3) is 3.69. The van der Waals surface area contributed by atoms with Crippen molar-refractivity contribution in [2.75, 3.05) is 30.0 Å². The minimum atomic E-state index is -0.0294. The fourth-order valence-corrected chi connectivity index (χ4v) is 3.72. The molecule has 0 bridgehead atoms. The number of morpholine rings is 1. The average Bonchev–Trinajstić information content (AvgIpc) is 3.05. The summed E-state index contributed by atoms with van der Waals surface area (Å²) in [5.74, 6) is -0.0146. The number of hydrogen-bond donors (Lipinski definition) is 2. The number of aromatic amines is 1. The number of amides is 1. The number of fused-ring (bicyclic) bond motifs is 1. The van der Waals surface area contributed by atoms with E-state index in [2.05, 4.69) is 41.2 Å². The number of nitrogens with one attached hydrogen (secondary N) is 2. The molecule has 2 aromatic carbocycles. The summed E-state index contributed by atoms with van der Waals surface area (Å²) < 4.78 is 5.59. The van der Waals surface area contributed by atoms with Gasteiger partial charge >= 0.3 is 0 Å². The van der Waals surface area contributed by atoms with Gasteiger partial charge in [0, 0.05) is 35.0 Å². The van der Waals surface area contributed by atoms with Gasteiger partial charge in [-0.2, -0.15) is 0 Å². The predicted octanol–water partition coefficient (Wildman–Crippen LogP) is 3.96. The molecule has 0 unspecified atom stereocenters. The normalized spacial score (nSPS) is 16.4. The van der Waals surface area contributed by atoms with Crippen molar-refractivity contribution in [3.63, 3.8) is 0 Å². The standard InChI is InChI=1S/C22H25N3O2/c1-22(2)15-27-12-11-25(22)18-9-7-17(8-10-18)24-21(26)13-16-14-23-20-6-4-3-5-19(16)20/h3-10,14,23H,11-13,15H2,1-2H3,(H,24,26). The van der Waals surface area contributed by atoms with E-state index in [1.165, 1.54) is 0 Å². The first-order valence-electron chi connectivity index (χ1n) is 9.33. The van der Waals surface area contributed by atoms with E-state index in [-0.39, 0.29) is 11.4 Å². The maximum atomic E-state index is 12.5. The Morgan fingerprint density at radius 1 is 1.19 bits per heavy atom. The van der Waals surface area contributed by atoms with Crippen LogP contribution in [0.25, 0.3) is 10.9 Å². The molecule has 1 amide bonds. The Labute approximate surface area is 159 Å². The number of aromatic nitrogens is 1. The summed E-state index contributed by atoms with van der Waals surface area (Å²) in [7, 11) is 0. The van der Waals surface area contributed by atoms with Gasteiger partial charge in [-0.05, 0) is 49.7 Å². The quantitative estimate of drug-likeness (QED) is 0.738. The first kappa shape index (κ1) is 17.6. The molecule has 5 heteroatoms. The molecule has 0 atom stereocenters. The number of hydrogen-bond acceptors (Lipinski definition) is 3. The van der Waals surface area contributed by atoms with Crippen LogP contribution in [0.5, 0.6) is 0 Å². The Bertz CT molecular complexity index is 944. The van der Waals surface area contributed by atoms with Crippen molar-refractivity contribution in [1.29, 1.82) is 0 Å². The Balaban J connectivity index is 1.43. The molecule has 1 fully saturated rings. The van der Waals surface area contributed by atoms with E-state index in [0.717, 1.165) is 47.6 Å². The molecule has 1 aromatic heterocycles. The lowest BCUT2D eigenvalue weighted by molar-refractivity contribution is -0.115. The van der Waals surface area contributed by atoms with Gasteiger partial charge in [0.15, 0.2) is 0 Å². The van der Waals surface area contributed by atoms with E-state index in [1.807, 2.05) is 42.6 Å². The first-order valence-corrected chi connectivity index (χ1v) is 9.33. The number of ether oxygens (including phenoxy) is 1. The molecule has 140 valence electrons. The molecule has 4 rings (SSSR count). The summed E-state index contributed by atoms with van der Waals surface area (Å²) in [6.45, 7) is 6.70. The topological polar surface area (TPSA) is 57.4 Å². The number of rotatable bonds is 4. The predicted molar refractivity (Wildman–Crippen MR) is 109 cm³/mol. The van der Waals surface area contributed by atoms with E-state index >= 15 is 0 Å². The van der Waals surface area contributed by atoms with Gasteiger partial charge in [0.2, 0.25) is 5.91 Å². The fourth-order valence-electron chi connectivity index (χ4n) is 3.72. The van der Waals surface area contributed by atoms with Gasteiger partial charge in [0.25, 0.3) is 0 Å². The molecule has 3 aromatic rings. The summed E-state index contributed by atoms with van der Waals surface area (Å²) in [5, 5.41) is 4.09. The molecule has 27 heavy (non-hydrogen) atoms. The van der Waals surface area contributed by atoms with Gasteiger partial charge in [-0.3, -0.25) is 4.79 Å². The average molecular weight is 363 g/mol. The van der Waals surface area contributed by atoms with Crippen molar-refractivity contribution >= 4 is 28.2 Å². The highest BCUT2D eigenvalue weighted by atomic mass is 16.5. The zero-order valence-electron chi connectivity index (χ0n) is 15.8. The maximum absolute atomic E-state index is 12.5. The van der Waals surface area contributed by atoms with Crippen LogP contribution in [0, 0.1) is 0 Å². The van der Waals surface area contributed by atoms with E-state index in [9.17, 15) is 4.79 Å². The molecule has 1 aliphatic heterocycles. The summed E-state index contributed by atoms with van der Waals surface area (Å²) in [5.41, 5.74) is 4.00. The number of anilines is 2. The van der Waals surface area contributed by atoms with Gasteiger partial charge in [-0.25, -0.2) is 0 Å². The summed E-state index contributed by atoms with van der Waals surface area (Å²) in [4.78, 5) is 18.0. The molecular formula is C22H25N3O2. The highest BCUT2D eigenvalue weighted by Gasteiger charge is 2.30. The number of H-pyrrole nitrogens is 1. The van der Waals surface area contributed by atoms with Crippen LogP contribution >= 0.6 is 0 Å². The zero-order chi connectivity index (χ0) is 18.9. The van der Waals surface area contributed by atoms with Crippen LogP contribution in [-0.4, -0.2) is 36.2 Å².